The summed E-state index contributed by atoms with van der Waals surface area (Å²) in [6, 6.07) is 12.6. The molecule has 10 heteroatoms. The lowest BCUT2D eigenvalue weighted by molar-refractivity contribution is -0.0706. The zero-order valence-electron chi connectivity index (χ0n) is 26.7. The molecule has 1 aliphatic carbocycles. The quantitative estimate of drug-likeness (QED) is 0.165. The van der Waals surface area contributed by atoms with E-state index in [9.17, 15) is 4.79 Å². The van der Waals surface area contributed by atoms with Gasteiger partial charge in [0.2, 0.25) is 5.88 Å². The van der Waals surface area contributed by atoms with Gasteiger partial charge < -0.3 is 33.2 Å². The number of nitrogens with zero attached hydrogens (tertiary/aromatic N) is 4. The van der Waals surface area contributed by atoms with Crippen LogP contribution in [0.2, 0.25) is 0 Å². The minimum atomic E-state index is -0.471. The highest BCUT2D eigenvalue weighted by molar-refractivity contribution is 6.08. The molecule has 3 aromatic heterocycles. The molecule has 0 bridgehead atoms. The fourth-order valence-electron chi connectivity index (χ4n) is 5.72. The molecule has 1 saturated carbocycles. The molecule has 1 amide bonds. The number of aromatic nitrogens is 3. The SMILES string of the molecule is Cn1c2ccncc2c2ccc(-c3ccc(OC4CC(OCCCOCCCOC5CN(C(=O)OC(C)(C)C)C5)C4)nc3)cc21. The lowest BCUT2D eigenvalue weighted by atomic mass is 9.92. The number of hydrogen-bond donors (Lipinski definition) is 0. The number of fused-ring (bicyclic) bond motifs is 3. The van der Waals surface area contributed by atoms with Gasteiger partial charge in [-0.1, -0.05) is 12.1 Å². The topological polar surface area (TPSA) is 97.2 Å². The zero-order chi connectivity index (χ0) is 31.4. The summed E-state index contributed by atoms with van der Waals surface area (Å²) in [5.41, 5.74) is 4.06. The van der Waals surface area contributed by atoms with Crippen molar-refractivity contribution in [3.05, 3.63) is 55.0 Å². The van der Waals surface area contributed by atoms with Crippen molar-refractivity contribution in [2.24, 2.45) is 7.05 Å². The molecule has 0 radical (unpaired) electrons. The average molecular weight is 617 g/mol. The third kappa shape index (κ3) is 7.74. The minimum Gasteiger partial charge on any atom is -0.474 e. The van der Waals surface area contributed by atoms with Gasteiger partial charge in [0.05, 0.1) is 30.8 Å². The van der Waals surface area contributed by atoms with E-state index in [1.54, 1.807) is 4.90 Å². The van der Waals surface area contributed by atoms with Crippen LogP contribution < -0.4 is 4.74 Å². The van der Waals surface area contributed by atoms with Crippen molar-refractivity contribution in [1.29, 1.82) is 0 Å². The fraction of sp³-hybridized carbons (Fsp3) is 0.514. The van der Waals surface area contributed by atoms with Crippen LogP contribution in [0.15, 0.2) is 55.0 Å². The molecule has 0 atom stereocenters. The van der Waals surface area contributed by atoms with Gasteiger partial charge in [-0.05, 0) is 57.4 Å². The molecule has 2 fully saturated rings. The molecule has 1 aliphatic heterocycles. The molecule has 1 saturated heterocycles. The number of amides is 1. The molecule has 0 N–H and O–H groups in total. The second kappa shape index (κ2) is 13.7. The first-order chi connectivity index (χ1) is 21.7. The maximum atomic E-state index is 12.0. The van der Waals surface area contributed by atoms with Gasteiger partial charge in [-0.25, -0.2) is 9.78 Å². The summed E-state index contributed by atoms with van der Waals surface area (Å²) in [4.78, 5) is 22.5. The summed E-state index contributed by atoms with van der Waals surface area (Å²) in [6.07, 6.45) is 9.27. The van der Waals surface area contributed by atoms with Crippen LogP contribution in [0.1, 0.15) is 46.5 Å². The lowest BCUT2D eigenvalue weighted by Gasteiger charge is -2.39. The minimum absolute atomic E-state index is 0.0893. The summed E-state index contributed by atoms with van der Waals surface area (Å²) in [5, 5.41) is 2.37. The first-order valence-electron chi connectivity index (χ1n) is 16.0. The van der Waals surface area contributed by atoms with E-state index in [0.717, 1.165) is 42.2 Å². The van der Waals surface area contributed by atoms with Crippen LogP contribution in [-0.2, 0) is 26.0 Å². The summed E-state index contributed by atoms with van der Waals surface area (Å²) >= 11 is 0. The Kier molecular flexibility index (Phi) is 9.53. The second-order valence-corrected chi connectivity index (χ2v) is 13.0. The van der Waals surface area contributed by atoms with Crippen LogP contribution in [0, 0.1) is 0 Å². The zero-order valence-corrected chi connectivity index (χ0v) is 26.7. The monoisotopic (exact) mass is 616 g/mol. The third-order valence-electron chi connectivity index (χ3n) is 8.29. The van der Waals surface area contributed by atoms with Gasteiger partial charge in [0.25, 0.3) is 0 Å². The molecule has 240 valence electrons. The highest BCUT2D eigenvalue weighted by Gasteiger charge is 2.34. The molecule has 10 nitrogen and oxygen atoms in total. The van der Waals surface area contributed by atoms with E-state index in [-0.39, 0.29) is 24.4 Å². The average Bonchev–Trinajstić information content (AvgIpc) is 3.26. The van der Waals surface area contributed by atoms with Crippen molar-refractivity contribution >= 4 is 27.9 Å². The number of benzene rings is 1. The smallest absolute Gasteiger partial charge is 0.410 e. The fourth-order valence-corrected chi connectivity index (χ4v) is 5.72. The summed E-state index contributed by atoms with van der Waals surface area (Å²) in [5.74, 6) is 0.647. The van der Waals surface area contributed by atoms with Crippen molar-refractivity contribution in [1.82, 2.24) is 19.4 Å². The van der Waals surface area contributed by atoms with Crippen molar-refractivity contribution in [3.8, 4) is 17.0 Å². The molecular weight excluding hydrogens is 572 g/mol. The van der Waals surface area contributed by atoms with Crippen LogP contribution >= 0.6 is 0 Å². The van der Waals surface area contributed by atoms with E-state index < -0.39 is 5.60 Å². The van der Waals surface area contributed by atoms with E-state index in [4.69, 9.17) is 23.7 Å². The Morgan fingerprint density at radius 3 is 2.29 bits per heavy atom. The molecule has 0 spiro atoms. The van der Waals surface area contributed by atoms with Gasteiger partial charge in [-0.15, -0.1) is 0 Å². The van der Waals surface area contributed by atoms with Crippen LogP contribution in [0.25, 0.3) is 32.9 Å². The van der Waals surface area contributed by atoms with Crippen LogP contribution in [0.5, 0.6) is 5.88 Å². The van der Waals surface area contributed by atoms with Gasteiger partial charge in [0.1, 0.15) is 11.7 Å². The number of rotatable bonds is 13. The van der Waals surface area contributed by atoms with E-state index in [1.165, 1.54) is 16.4 Å². The molecular formula is C35H44N4O6. The van der Waals surface area contributed by atoms with Crippen LogP contribution in [-0.4, -0.2) is 89.0 Å². The second-order valence-electron chi connectivity index (χ2n) is 13.0. The van der Waals surface area contributed by atoms with E-state index >= 15 is 0 Å². The molecule has 6 rings (SSSR count). The molecule has 0 unspecified atom stereocenters. The number of aryl methyl sites for hydroxylation is 1. The van der Waals surface area contributed by atoms with Crippen molar-refractivity contribution in [2.45, 2.75) is 70.4 Å². The van der Waals surface area contributed by atoms with E-state index in [2.05, 4.69) is 51.9 Å². The number of hydrogen-bond acceptors (Lipinski definition) is 8. The number of ether oxygens (including phenoxy) is 5. The first-order valence-corrected chi connectivity index (χ1v) is 16.0. The Morgan fingerprint density at radius 1 is 0.844 bits per heavy atom. The summed E-state index contributed by atoms with van der Waals surface area (Å²) in [6.45, 7) is 9.42. The van der Waals surface area contributed by atoms with Crippen molar-refractivity contribution in [3.63, 3.8) is 0 Å². The third-order valence-corrected chi connectivity index (χ3v) is 8.29. The Hall–Kier alpha value is -3.73. The summed E-state index contributed by atoms with van der Waals surface area (Å²) < 4.78 is 31.1. The van der Waals surface area contributed by atoms with Crippen LogP contribution in [0.3, 0.4) is 0 Å². The molecule has 4 heterocycles. The largest absolute Gasteiger partial charge is 0.474 e. The lowest BCUT2D eigenvalue weighted by Crippen LogP contribution is -2.56. The van der Waals surface area contributed by atoms with Gasteiger partial charge >= 0.3 is 6.09 Å². The molecule has 2 aliphatic rings. The Labute approximate surface area is 264 Å². The number of carbonyl (C=O) groups is 1. The number of likely N-dealkylation sites (tertiary alicyclic amines) is 1. The van der Waals surface area contributed by atoms with Gasteiger partial charge in [0.15, 0.2) is 0 Å². The Morgan fingerprint density at radius 2 is 1.58 bits per heavy atom. The standard InChI is InChI=1S/C35H44N4O6/c1-35(2,3)45-34(40)39-22-28(23-39)43-16-6-14-41-13-5-15-42-26-18-27(19-26)44-33-10-8-25(20-37-33)24-7-9-29-30-21-36-12-11-31(30)38(4)32(29)17-24/h7-12,17,20-21,26-28H,5-6,13-16,18-19,22-23H2,1-4H3. The van der Waals surface area contributed by atoms with E-state index in [0.29, 0.717) is 45.4 Å². The molecule has 1 aromatic carbocycles. The van der Waals surface area contributed by atoms with Gasteiger partial charge in [-0.2, -0.15) is 0 Å². The van der Waals surface area contributed by atoms with Gasteiger partial charge in [0, 0.05) is 92.8 Å². The predicted molar refractivity (Wildman–Crippen MR) is 172 cm³/mol. The maximum absolute atomic E-state index is 12.0. The molecule has 45 heavy (non-hydrogen) atoms. The van der Waals surface area contributed by atoms with Gasteiger partial charge in [-0.3, -0.25) is 4.98 Å². The molecule has 4 aromatic rings. The number of pyridine rings is 2. The highest BCUT2D eigenvalue weighted by atomic mass is 16.6. The van der Waals surface area contributed by atoms with E-state index in [1.807, 2.05) is 45.4 Å². The highest BCUT2D eigenvalue weighted by Crippen LogP contribution is 2.32. The first kappa shape index (κ1) is 31.3. The number of carbonyl (C=O) groups excluding carboxylic acids is 1. The predicted octanol–water partition coefficient (Wildman–Crippen LogP) is 6.15. The Bertz CT molecular complexity index is 1590. The summed E-state index contributed by atoms with van der Waals surface area (Å²) in [7, 11) is 2.09. The Balaban J connectivity index is 0.808. The van der Waals surface area contributed by atoms with Crippen molar-refractivity contribution < 1.29 is 28.5 Å². The normalized spacial score (nSPS) is 18.6. The maximum Gasteiger partial charge on any atom is 0.410 e. The van der Waals surface area contributed by atoms with Crippen LogP contribution in [0.4, 0.5) is 4.79 Å². The van der Waals surface area contributed by atoms with Crippen molar-refractivity contribution in [2.75, 3.05) is 39.5 Å².